The van der Waals surface area contributed by atoms with Crippen LogP contribution in [0.5, 0.6) is 5.75 Å². The van der Waals surface area contributed by atoms with E-state index in [-0.39, 0.29) is 11.2 Å². The predicted molar refractivity (Wildman–Crippen MR) is 69.5 cm³/mol. The highest BCUT2D eigenvalue weighted by Crippen LogP contribution is 2.21. The minimum atomic E-state index is 0.0604. The Hall–Kier alpha value is -0.830. The number of halogens is 1. The lowest BCUT2D eigenvalue weighted by Crippen LogP contribution is -2.22. The van der Waals surface area contributed by atoms with Crippen LogP contribution in [0.2, 0.25) is 0 Å². The first-order chi connectivity index (χ1) is 7.44. The zero-order chi connectivity index (χ0) is 12.2. The van der Waals surface area contributed by atoms with Crippen LogP contribution in [0, 0.1) is 5.41 Å². The van der Waals surface area contributed by atoms with Gasteiger partial charge < -0.3 is 4.74 Å². The van der Waals surface area contributed by atoms with Crippen LogP contribution in [0.4, 0.5) is 0 Å². The van der Waals surface area contributed by atoms with E-state index in [2.05, 4.69) is 29.8 Å². The molecule has 0 N–H and O–H groups in total. The lowest BCUT2D eigenvalue weighted by molar-refractivity contribution is 0.101. The number of ketones is 1. The Labute approximate surface area is 105 Å². The summed E-state index contributed by atoms with van der Waals surface area (Å²) in [5.41, 5.74) is 0.779. The van der Waals surface area contributed by atoms with Gasteiger partial charge in [-0.05, 0) is 19.1 Å². The van der Waals surface area contributed by atoms with Crippen LogP contribution in [-0.4, -0.2) is 17.7 Å². The molecule has 2 nitrogen and oxygen atoms in total. The number of benzene rings is 1. The molecule has 0 aromatic heterocycles. The minimum absolute atomic E-state index is 0.0604. The van der Waals surface area contributed by atoms with Gasteiger partial charge in [-0.3, -0.25) is 4.79 Å². The highest BCUT2D eigenvalue weighted by molar-refractivity contribution is 9.09. The fourth-order valence-corrected chi connectivity index (χ4v) is 1.28. The van der Waals surface area contributed by atoms with Crippen LogP contribution in [0.3, 0.4) is 0 Å². The number of hydrogen-bond donors (Lipinski definition) is 0. The molecule has 0 aliphatic carbocycles. The summed E-state index contributed by atoms with van der Waals surface area (Å²) < 4.78 is 5.67. The van der Waals surface area contributed by atoms with Crippen LogP contribution < -0.4 is 4.74 Å². The molecule has 1 rings (SSSR count). The zero-order valence-electron chi connectivity index (χ0n) is 9.92. The van der Waals surface area contributed by atoms with Gasteiger partial charge in [0.25, 0.3) is 0 Å². The Morgan fingerprint density at radius 1 is 1.44 bits per heavy atom. The van der Waals surface area contributed by atoms with E-state index in [1.165, 1.54) is 0 Å². The molecule has 0 heterocycles. The molecular formula is C13H17BrO2. The van der Waals surface area contributed by atoms with Crippen molar-refractivity contribution >= 4 is 21.7 Å². The van der Waals surface area contributed by atoms with E-state index in [9.17, 15) is 4.79 Å². The molecule has 0 unspecified atom stereocenters. The number of rotatable bonds is 5. The van der Waals surface area contributed by atoms with Crippen molar-refractivity contribution in [3.63, 3.8) is 0 Å². The summed E-state index contributed by atoms with van der Waals surface area (Å²) in [4.78, 5) is 11.2. The number of ether oxygens (including phenoxy) is 1. The normalized spacial score (nSPS) is 11.2. The Kier molecular flexibility index (Phi) is 4.54. The lowest BCUT2D eigenvalue weighted by atomic mass is 9.98. The molecule has 1 aromatic rings. The molecule has 0 spiro atoms. The monoisotopic (exact) mass is 284 g/mol. The van der Waals surface area contributed by atoms with Crippen LogP contribution in [0.1, 0.15) is 31.1 Å². The molecule has 0 aliphatic heterocycles. The molecule has 0 aliphatic rings. The average Bonchev–Trinajstić information content (AvgIpc) is 2.27. The van der Waals surface area contributed by atoms with E-state index < -0.39 is 0 Å². The SMILES string of the molecule is CC(=O)c1cccc(OCC(C)(C)CBr)c1. The van der Waals surface area contributed by atoms with Gasteiger partial charge in [0.2, 0.25) is 0 Å². The summed E-state index contributed by atoms with van der Waals surface area (Å²) in [7, 11) is 0. The van der Waals surface area contributed by atoms with E-state index >= 15 is 0 Å². The van der Waals surface area contributed by atoms with Crippen molar-refractivity contribution in [1.82, 2.24) is 0 Å². The van der Waals surface area contributed by atoms with Crippen molar-refractivity contribution in [2.24, 2.45) is 5.41 Å². The van der Waals surface area contributed by atoms with Crippen molar-refractivity contribution < 1.29 is 9.53 Å². The van der Waals surface area contributed by atoms with Crippen LogP contribution >= 0.6 is 15.9 Å². The van der Waals surface area contributed by atoms with Crippen molar-refractivity contribution in [2.45, 2.75) is 20.8 Å². The van der Waals surface area contributed by atoms with E-state index in [4.69, 9.17) is 4.74 Å². The van der Waals surface area contributed by atoms with E-state index in [0.717, 1.165) is 11.1 Å². The van der Waals surface area contributed by atoms with Gasteiger partial charge in [-0.15, -0.1) is 0 Å². The van der Waals surface area contributed by atoms with E-state index in [1.54, 1.807) is 19.1 Å². The van der Waals surface area contributed by atoms with Gasteiger partial charge in [0.1, 0.15) is 5.75 Å². The fourth-order valence-electron chi connectivity index (χ4n) is 1.12. The first-order valence-corrected chi connectivity index (χ1v) is 6.36. The standard InChI is InChI=1S/C13H17BrO2/c1-10(15)11-5-4-6-12(7-11)16-9-13(2,3)8-14/h4-7H,8-9H2,1-3H3. The molecule has 1 aromatic carbocycles. The average molecular weight is 285 g/mol. The number of carbonyl (C=O) groups excluding carboxylic acids is 1. The summed E-state index contributed by atoms with van der Waals surface area (Å²) in [5.74, 6) is 0.812. The second-order valence-electron chi connectivity index (χ2n) is 4.67. The third-order valence-electron chi connectivity index (χ3n) is 2.23. The predicted octanol–water partition coefficient (Wildman–Crippen LogP) is 3.69. The van der Waals surface area contributed by atoms with Gasteiger partial charge in [0.05, 0.1) is 6.61 Å². The maximum Gasteiger partial charge on any atom is 0.159 e. The van der Waals surface area contributed by atoms with E-state index in [1.807, 2.05) is 12.1 Å². The third-order valence-corrected chi connectivity index (χ3v) is 3.75. The molecule has 0 radical (unpaired) electrons. The van der Waals surface area contributed by atoms with Crippen LogP contribution in [0.25, 0.3) is 0 Å². The molecule has 0 fully saturated rings. The van der Waals surface area contributed by atoms with Crippen LogP contribution in [0.15, 0.2) is 24.3 Å². The maximum absolute atomic E-state index is 11.2. The molecule has 88 valence electrons. The lowest BCUT2D eigenvalue weighted by Gasteiger charge is -2.21. The molecule has 0 saturated heterocycles. The summed E-state index contributed by atoms with van der Waals surface area (Å²) in [6.07, 6.45) is 0. The summed E-state index contributed by atoms with van der Waals surface area (Å²) in [5, 5.41) is 0.881. The van der Waals surface area contributed by atoms with Gasteiger partial charge >= 0.3 is 0 Å². The molecule has 0 amide bonds. The number of carbonyl (C=O) groups is 1. The second kappa shape index (κ2) is 5.48. The molecule has 0 bridgehead atoms. The first kappa shape index (κ1) is 13.2. The highest BCUT2D eigenvalue weighted by atomic mass is 79.9. The van der Waals surface area contributed by atoms with Crippen molar-refractivity contribution in [2.75, 3.05) is 11.9 Å². The zero-order valence-corrected chi connectivity index (χ0v) is 11.5. The highest BCUT2D eigenvalue weighted by Gasteiger charge is 2.17. The maximum atomic E-state index is 11.2. The van der Waals surface area contributed by atoms with Crippen LogP contribution in [-0.2, 0) is 0 Å². The number of alkyl halides is 1. The number of Topliss-reactive ketones (excluding diaryl/α,β-unsaturated/α-hetero) is 1. The minimum Gasteiger partial charge on any atom is -0.493 e. The third kappa shape index (κ3) is 3.97. The Bertz CT molecular complexity index is 372. The largest absolute Gasteiger partial charge is 0.493 e. The van der Waals surface area contributed by atoms with Crippen molar-refractivity contribution in [3.8, 4) is 5.75 Å². The van der Waals surface area contributed by atoms with E-state index in [0.29, 0.717) is 12.2 Å². The van der Waals surface area contributed by atoms with Gasteiger partial charge in [0.15, 0.2) is 5.78 Å². The second-order valence-corrected chi connectivity index (χ2v) is 5.23. The number of hydrogen-bond acceptors (Lipinski definition) is 2. The Balaban J connectivity index is 2.68. The molecule has 0 atom stereocenters. The molecule has 0 saturated carbocycles. The Morgan fingerprint density at radius 2 is 2.12 bits per heavy atom. The van der Waals surface area contributed by atoms with Gasteiger partial charge in [0, 0.05) is 16.3 Å². The quantitative estimate of drug-likeness (QED) is 0.609. The van der Waals surface area contributed by atoms with Gasteiger partial charge in [-0.25, -0.2) is 0 Å². The molecular weight excluding hydrogens is 268 g/mol. The van der Waals surface area contributed by atoms with Crippen molar-refractivity contribution in [3.05, 3.63) is 29.8 Å². The van der Waals surface area contributed by atoms with Gasteiger partial charge in [-0.2, -0.15) is 0 Å². The van der Waals surface area contributed by atoms with Crippen molar-refractivity contribution in [1.29, 1.82) is 0 Å². The van der Waals surface area contributed by atoms with Gasteiger partial charge in [-0.1, -0.05) is 41.9 Å². The summed E-state index contributed by atoms with van der Waals surface area (Å²) >= 11 is 3.45. The smallest absolute Gasteiger partial charge is 0.159 e. The Morgan fingerprint density at radius 3 is 2.69 bits per heavy atom. The molecule has 16 heavy (non-hydrogen) atoms. The topological polar surface area (TPSA) is 26.3 Å². The first-order valence-electron chi connectivity index (χ1n) is 5.24. The fraction of sp³-hybridized carbons (Fsp3) is 0.462. The summed E-state index contributed by atoms with van der Waals surface area (Å²) in [6.45, 7) is 6.42. The summed E-state index contributed by atoms with van der Waals surface area (Å²) in [6, 6.07) is 7.29. The molecule has 3 heteroatoms.